The quantitative estimate of drug-likeness (QED) is 0.579. The van der Waals surface area contributed by atoms with Gasteiger partial charge in [-0.3, -0.25) is 9.59 Å². The van der Waals surface area contributed by atoms with Crippen molar-refractivity contribution >= 4 is 11.8 Å². The summed E-state index contributed by atoms with van der Waals surface area (Å²) in [7, 11) is 0. The number of carboxylic acid groups (broad SMARTS) is 1. The number of carboxylic acids is 1. The Labute approximate surface area is 113 Å². The molecule has 0 bridgehead atoms. The summed E-state index contributed by atoms with van der Waals surface area (Å²) < 4.78 is 5.53. The fourth-order valence-electron chi connectivity index (χ4n) is 1.78. The first kappa shape index (κ1) is 15.2. The van der Waals surface area contributed by atoms with Crippen molar-refractivity contribution in [3.8, 4) is 5.75 Å². The summed E-state index contributed by atoms with van der Waals surface area (Å²) in [5, 5.41) is 8.85. The molecule has 1 aromatic carbocycles. The second-order valence-corrected chi connectivity index (χ2v) is 4.66. The number of hydrogen-bond acceptors (Lipinski definition) is 3. The van der Waals surface area contributed by atoms with Crippen molar-refractivity contribution < 1.29 is 19.4 Å². The van der Waals surface area contributed by atoms with Crippen molar-refractivity contribution in [3.63, 3.8) is 0 Å². The SMILES string of the molecule is CC(=O)C(CCCCOc1ccc(C)cc1)C(=O)O. The van der Waals surface area contributed by atoms with Gasteiger partial charge in [0.05, 0.1) is 6.61 Å². The van der Waals surface area contributed by atoms with Gasteiger partial charge in [0, 0.05) is 0 Å². The van der Waals surface area contributed by atoms with Gasteiger partial charge < -0.3 is 9.84 Å². The number of carbonyl (C=O) groups is 2. The fourth-order valence-corrected chi connectivity index (χ4v) is 1.78. The van der Waals surface area contributed by atoms with Crippen LogP contribution in [0.15, 0.2) is 24.3 Å². The first-order chi connectivity index (χ1) is 9.00. The molecular weight excluding hydrogens is 244 g/mol. The van der Waals surface area contributed by atoms with Gasteiger partial charge in [0.1, 0.15) is 17.5 Å². The van der Waals surface area contributed by atoms with Crippen molar-refractivity contribution in [1.29, 1.82) is 0 Å². The van der Waals surface area contributed by atoms with Crippen LogP contribution in [-0.2, 0) is 9.59 Å². The van der Waals surface area contributed by atoms with E-state index in [0.717, 1.165) is 12.2 Å². The third-order valence-corrected chi connectivity index (χ3v) is 2.97. The Morgan fingerprint density at radius 3 is 2.37 bits per heavy atom. The van der Waals surface area contributed by atoms with E-state index in [-0.39, 0.29) is 5.78 Å². The molecular formula is C15H20O4. The number of ketones is 1. The maximum Gasteiger partial charge on any atom is 0.314 e. The van der Waals surface area contributed by atoms with Gasteiger partial charge in [-0.05, 0) is 45.2 Å². The van der Waals surface area contributed by atoms with Gasteiger partial charge in [0.15, 0.2) is 0 Å². The first-order valence-corrected chi connectivity index (χ1v) is 6.43. The lowest BCUT2D eigenvalue weighted by atomic mass is 9.98. The van der Waals surface area contributed by atoms with Gasteiger partial charge in [-0.25, -0.2) is 0 Å². The average Bonchev–Trinajstić information content (AvgIpc) is 2.34. The summed E-state index contributed by atoms with van der Waals surface area (Å²) >= 11 is 0. The molecule has 104 valence electrons. The molecule has 0 aromatic heterocycles. The van der Waals surface area contributed by atoms with Gasteiger partial charge >= 0.3 is 5.97 Å². The van der Waals surface area contributed by atoms with Crippen molar-refractivity contribution in [2.75, 3.05) is 6.61 Å². The number of aliphatic carboxylic acids is 1. The Hall–Kier alpha value is -1.84. The summed E-state index contributed by atoms with van der Waals surface area (Å²) in [5.41, 5.74) is 1.18. The predicted octanol–water partition coefficient (Wildman–Crippen LogP) is 2.83. The van der Waals surface area contributed by atoms with E-state index in [2.05, 4.69) is 0 Å². The highest BCUT2D eigenvalue weighted by Crippen LogP contribution is 2.14. The van der Waals surface area contributed by atoms with Crippen LogP contribution < -0.4 is 4.74 Å². The molecule has 0 spiro atoms. The van der Waals surface area contributed by atoms with E-state index in [1.54, 1.807) is 0 Å². The number of Topliss-reactive ketones (excluding diaryl/α,β-unsaturated/α-hetero) is 1. The number of hydrogen-bond donors (Lipinski definition) is 1. The molecule has 0 heterocycles. The van der Waals surface area contributed by atoms with Crippen LogP contribution in [0.4, 0.5) is 0 Å². The molecule has 0 amide bonds. The normalized spacial score (nSPS) is 11.9. The topological polar surface area (TPSA) is 63.6 Å². The summed E-state index contributed by atoms with van der Waals surface area (Å²) in [5.74, 6) is -1.38. The Bertz CT molecular complexity index is 408. The van der Waals surface area contributed by atoms with Crippen LogP contribution in [0.3, 0.4) is 0 Å². The van der Waals surface area contributed by atoms with E-state index in [9.17, 15) is 9.59 Å². The lowest BCUT2D eigenvalue weighted by Crippen LogP contribution is -2.21. The number of carbonyl (C=O) groups excluding carboxylic acids is 1. The smallest absolute Gasteiger partial charge is 0.314 e. The molecule has 0 radical (unpaired) electrons. The van der Waals surface area contributed by atoms with Crippen LogP contribution in [0.5, 0.6) is 5.75 Å². The molecule has 0 saturated carbocycles. The maximum atomic E-state index is 11.1. The third kappa shape index (κ3) is 5.55. The number of unbranched alkanes of at least 4 members (excludes halogenated alkanes) is 1. The molecule has 4 heteroatoms. The van der Waals surface area contributed by atoms with E-state index in [0.29, 0.717) is 19.4 Å². The maximum absolute atomic E-state index is 11.1. The summed E-state index contributed by atoms with van der Waals surface area (Å²) in [4.78, 5) is 21.9. The monoisotopic (exact) mass is 264 g/mol. The zero-order valence-corrected chi connectivity index (χ0v) is 11.4. The van der Waals surface area contributed by atoms with Crippen molar-refractivity contribution in [3.05, 3.63) is 29.8 Å². The van der Waals surface area contributed by atoms with E-state index < -0.39 is 11.9 Å². The van der Waals surface area contributed by atoms with Crippen molar-refractivity contribution in [2.45, 2.75) is 33.1 Å². The van der Waals surface area contributed by atoms with E-state index in [1.165, 1.54) is 12.5 Å². The second kappa shape index (κ2) is 7.56. The summed E-state index contributed by atoms with van der Waals surface area (Å²) in [6.07, 6.45) is 1.79. The highest BCUT2D eigenvalue weighted by atomic mass is 16.5. The molecule has 1 rings (SSSR count). The van der Waals surface area contributed by atoms with E-state index >= 15 is 0 Å². The molecule has 0 fully saturated rings. The number of benzene rings is 1. The minimum absolute atomic E-state index is 0.285. The van der Waals surface area contributed by atoms with Crippen molar-refractivity contribution in [1.82, 2.24) is 0 Å². The van der Waals surface area contributed by atoms with Crippen LogP contribution in [0.2, 0.25) is 0 Å². The third-order valence-electron chi connectivity index (χ3n) is 2.97. The lowest BCUT2D eigenvalue weighted by molar-refractivity contribution is -0.146. The van der Waals surface area contributed by atoms with Gasteiger partial charge in [-0.15, -0.1) is 0 Å². The number of aryl methyl sites for hydroxylation is 1. The predicted molar refractivity (Wildman–Crippen MR) is 72.3 cm³/mol. The zero-order chi connectivity index (χ0) is 14.3. The van der Waals surface area contributed by atoms with Crippen LogP contribution in [0.25, 0.3) is 0 Å². The van der Waals surface area contributed by atoms with Crippen LogP contribution in [0.1, 0.15) is 31.7 Å². The molecule has 19 heavy (non-hydrogen) atoms. The van der Waals surface area contributed by atoms with Gasteiger partial charge in [0.2, 0.25) is 0 Å². The second-order valence-electron chi connectivity index (χ2n) is 4.66. The molecule has 1 N–H and O–H groups in total. The van der Waals surface area contributed by atoms with E-state index in [1.807, 2.05) is 31.2 Å². The van der Waals surface area contributed by atoms with E-state index in [4.69, 9.17) is 9.84 Å². The van der Waals surface area contributed by atoms with Crippen molar-refractivity contribution in [2.24, 2.45) is 5.92 Å². The lowest BCUT2D eigenvalue weighted by Gasteiger charge is -2.09. The molecule has 1 aromatic rings. The average molecular weight is 264 g/mol. The highest BCUT2D eigenvalue weighted by molar-refractivity contribution is 5.96. The minimum atomic E-state index is -1.04. The largest absolute Gasteiger partial charge is 0.494 e. The van der Waals surface area contributed by atoms with Crippen LogP contribution >= 0.6 is 0 Å². The molecule has 0 saturated heterocycles. The summed E-state index contributed by atoms with van der Waals surface area (Å²) in [6, 6.07) is 7.77. The Kier molecular flexibility index (Phi) is 6.06. The standard InChI is InChI=1S/C15H20O4/c1-11-6-8-13(9-7-11)19-10-4-3-5-14(12(2)16)15(17)18/h6-9,14H,3-5,10H2,1-2H3,(H,17,18). The Morgan fingerprint density at radius 2 is 1.84 bits per heavy atom. The van der Waals surface area contributed by atoms with Gasteiger partial charge in [-0.2, -0.15) is 0 Å². The molecule has 1 atom stereocenters. The minimum Gasteiger partial charge on any atom is -0.494 e. The number of rotatable bonds is 8. The van der Waals surface area contributed by atoms with Crippen LogP contribution in [-0.4, -0.2) is 23.5 Å². The molecule has 0 aliphatic carbocycles. The molecule has 1 unspecified atom stereocenters. The van der Waals surface area contributed by atoms with Crippen LogP contribution in [0, 0.1) is 12.8 Å². The number of ether oxygens (including phenoxy) is 1. The fraction of sp³-hybridized carbons (Fsp3) is 0.467. The molecule has 0 aliphatic heterocycles. The zero-order valence-electron chi connectivity index (χ0n) is 11.4. The summed E-state index contributed by atoms with van der Waals surface area (Å²) in [6.45, 7) is 3.87. The van der Waals surface area contributed by atoms with Gasteiger partial charge in [-0.1, -0.05) is 17.7 Å². The Balaban J connectivity index is 2.22. The first-order valence-electron chi connectivity index (χ1n) is 6.43. The highest BCUT2D eigenvalue weighted by Gasteiger charge is 2.21. The Morgan fingerprint density at radius 1 is 1.21 bits per heavy atom. The van der Waals surface area contributed by atoms with Gasteiger partial charge in [0.25, 0.3) is 0 Å². The molecule has 0 aliphatic rings. The molecule has 4 nitrogen and oxygen atoms in total.